The molecule has 0 radical (unpaired) electrons. The number of nitrogens with zero attached hydrogens (tertiary/aromatic N) is 1. The van der Waals surface area contributed by atoms with Gasteiger partial charge >= 0.3 is 0 Å². The molecule has 1 saturated heterocycles. The first-order valence-electron chi connectivity index (χ1n) is 7.01. The third-order valence-electron chi connectivity index (χ3n) is 3.84. The highest BCUT2D eigenvalue weighted by Gasteiger charge is 2.30. The number of benzene rings is 1. The molecule has 2 rings (SSSR count). The minimum atomic E-state index is -3.30. The third-order valence-corrected chi connectivity index (χ3v) is 5.88. The van der Waals surface area contributed by atoms with Crippen molar-refractivity contribution in [3.05, 3.63) is 35.9 Å². The second kappa shape index (κ2) is 6.50. The Balaban J connectivity index is 2.05. The summed E-state index contributed by atoms with van der Waals surface area (Å²) in [5.41, 5.74) is 1.03. The van der Waals surface area contributed by atoms with E-state index < -0.39 is 10.0 Å². The highest BCUT2D eigenvalue weighted by Crippen LogP contribution is 2.22. The van der Waals surface area contributed by atoms with Crippen LogP contribution in [0.3, 0.4) is 0 Å². The lowest BCUT2D eigenvalue weighted by Crippen LogP contribution is -2.42. The van der Waals surface area contributed by atoms with Crippen LogP contribution in [-0.4, -0.2) is 37.9 Å². The van der Waals surface area contributed by atoms with Crippen LogP contribution >= 0.6 is 0 Å². The van der Waals surface area contributed by atoms with Gasteiger partial charge in [0.05, 0.1) is 5.75 Å². The van der Waals surface area contributed by atoms with Crippen LogP contribution in [0.5, 0.6) is 0 Å². The molecule has 0 amide bonds. The van der Waals surface area contributed by atoms with E-state index in [0.29, 0.717) is 13.1 Å². The van der Waals surface area contributed by atoms with Crippen molar-refractivity contribution in [1.29, 1.82) is 0 Å². The Morgan fingerprint density at radius 3 is 2.70 bits per heavy atom. The van der Waals surface area contributed by atoms with Crippen LogP contribution in [0.25, 0.3) is 0 Å². The molecule has 0 bridgehead atoms. The van der Waals surface area contributed by atoms with E-state index in [9.17, 15) is 13.2 Å². The van der Waals surface area contributed by atoms with Gasteiger partial charge in [-0.1, -0.05) is 37.3 Å². The normalized spacial score (nSPS) is 22.4. The van der Waals surface area contributed by atoms with Crippen LogP contribution in [0.2, 0.25) is 0 Å². The summed E-state index contributed by atoms with van der Waals surface area (Å²) >= 11 is 0. The molecule has 110 valence electrons. The summed E-state index contributed by atoms with van der Waals surface area (Å²) in [5.74, 6) is -0.0915. The van der Waals surface area contributed by atoms with Crippen LogP contribution in [-0.2, 0) is 14.8 Å². The highest BCUT2D eigenvalue weighted by atomic mass is 32.2. The van der Waals surface area contributed by atoms with Gasteiger partial charge in [0.2, 0.25) is 10.0 Å². The molecule has 1 fully saturated rings. The molecule has 20 heavy (non-hydrogen) atoms. The first-order valence-corrected chi connectivity index (χ1v) is 8.62. The van der Waals surface area contributed by atoms with Crippen molar-refractivity contribution in [1.82, 2.24) is 4.31 Å². The molecule has 4 nitrogen and oxygen atoms in total. The van der Waals surface area contributed by atoms with Crippen molar-refractivity contribution >= 4 is 16.3 Å². The van der Waals surface area contributed by atoms with Gasteiger partial charge in [-0.2, -0.15) is 0 Å². The Morgan fingerprint density at radius 1 is 1.35 bits per heavy atom. The van der Waals surface area contributed by atoms with Crippen molar-refractivity contribution in [2.45, 2.75) is 25.7 Å². The Labute approximate surface area is 120 Å². The van der Waals surface area contributed by atoms with Gasteiger partial charge in [0, 0.05) is 19.0 Å². The van der Waals surface area contributed by atoms with E-state index in [1.54, 1.807) is 0 Å². The smallest absolute Gasteiger partial charge is 0.214 e. The van der Waals surface area contributed by atoms with E-state index in [1.165, 1.54) is 4.31 Å². The molecule has 1 aromatic rings. The molecular formula is C15H21NO3S. The van der Waals surface area contributed by atoms with Crippen molar-refractivity contribution < 1.29 is 13.2 Å². The monoisotopic (exact) mass is 295 g/mol. The zero-order chi connectivity index (χ0) is 14.6. The molecule has 1 aromatic carbocycles. The summed E-state index contributed by atoms with van der Waals surface area (Å²) in [7, 11) is -3.30. The Kier molecular flexibility index (Phi) is 4.94. The number of carbonyl (C=O) groups excluding carboxylic acids is 1. The van der Waals surface area contributed by atoms with Gasteiger partial charge in [-0.05, 0) is 24.3 Å². The first-order chi connectivity index (χ1) is 9.53. The maximum atomic E-state index is 12.4. The van der Waals surface area contributed by atoms with Crippen LogP contribution < -0.4 is 0 Å². The van der Waals surface area contributed by atoms with Crippen LogP contribution in [0.1, 0.15) is 31.2 Å². The topological polar surface area (TPSA) is 54.5 Å². The number of aldehydes is 1. The summed E-state index contributed by atoms with van der Waals surface area (Å²) in [6.07, 6.45) is 2.44. The number of carbonyl (C=O) groups is 1. The molecule has 0 aromatic heterocycles. The van der Waals surface area contributed by atoms with E-state index >= 15 is 0 Å². The third kappa shape index (κ3) is 3.67. The average molecular weight is 295 g/mol. The predicted molar refractivity (Wildman–Crippen MR) is 79.0 cm³/mol. The van der Waals surface area contributed by atoms with Crippen molar-refractivity contribution in [2.24, 2.45) is 5.92 Å². The molecule has 0 spiro atoms. The summed E-state index contributed by atoms with van der Waals surface area (Å²) in [4.78, 5) is 10.9. The second-order valence-corrected chi connectivity index (χ2v) is 7.50. The lowest BCUT2D eigenvalue weighted by atomic mass is 10.0. The standard InChI is InChI=1S/C15H21NO3S/c1-13(15-7-3-2-4-8-15)12-20(18,19)16-9-5-6-14(10-16)11-17/h2-4,7-8,11,13-14H,5-6,9-10,12H2,1H3. The maximum absolute atomic E-state index is 12.4. The average Bonchev–Trinajstić information content (AvgIpc) is 2.48. The Morgan fingerprint density at radius 2 is 2.05 bits per heavy atom. The number of piperidine rings is 1. The van der Waals surface area contributed by atoms with Crippen molar-refractivity contribution in [3.63, 3.8) is 0 Å². The van der Waals surface area contributed by atoms with Crippen molar-refractivity contribution in [3.8, 4) is 0 Å². The minimum Gasteiger partial charge on any atom is -0.303 e. The van der Waals surface area contributed by atoms with E-state index in [0.717, 1.165) is 24.7 Å². The molecule has 2 unspecified atom stereocenters. The Hall–Kier alpha value is -1.20. The summed E-state index contributed by atoms with van der Waals surface area (Å²) in [6.45, 7) is 2.80. The number of hydrogen-bond donors (Lipinski definition) is 0. The van der Waals surface area contributed by atoms with Gasteiger partial charge < -0.3 is 4.79 Å². The number of rotatable bonds is 5. The maximum Gasteiger partial charge on any atom is 0.214 e. The second-order valence-electron chi connectivity index (χ2n) is 5.49. The van der Waals surface area contributed by atoms with E-state index in [1.807, 2.05) is 37.3 Å². The molecule has 1 aliphatic heterocycles. The van der Waals surface area contributed by atoms with Gasteiger partial charge in [-0.25, -0.2) is 12.7 Å². The van der Waals surface area contributed by atoms with Crippen LogP contribution in [0.4, 0.5) is 0 Å². The fourth-order valence-corrected chi connectivity index (χ4v) is 4.50. The molecular weight excluding hydrogens is 274 g/mol. The SMILES string of the molecule is CC(CS(=O)(=O)N1CCCC(C=O)C1)c1ccccc1. The lowest BCUT2D eigenvalue weighted by molar-refractivity contribution is -0.112. The van der Waals surface area contributed by atoms with Gasteiger partial charge in [-0.3, -0.25) is 0 Å². The molecule has 5 heteroatoms. The molecule has 1 aliphatic rings. The Bertz CT molecular complexity index is 541. The van der Waals surface area contributed by atoms with Crippen LogP contribution in [0, 0.1) is 5.92 Å². The van der Waals surface area contributed by atoms with Gasteiger partial charge in [-0.15, -0.1) is 0 Å². The molecule has 2 atom stereocenters. The molecule has 1 heterocycles. The van der Waals surface area contributed by atoms with E-state index in [2.05, 4.69) is 0 Å². The number of sulfonamides is 1. The fourth-order valence-electron chi connectivity index (χ4n) is 2.64. The molecule has 0 aliphatic carbocycles. The van der Waals surface area contributed by atoms with Gasteiger partial charge in [0.1, 0.15) is 6.29 Å². The lowest BCUT2D eigenvalue weighted by Gasteiger charge is -2.30. The zero-order valence-electron chi connectivity index (χ0n) is 11.7. The van der Waals surface area contributed by atoms with Crippen molar-refractivity contribution in [2.75, 3.05) is 18.8 Å². The summed E-state index contributed by atoms with van der Waals surface area (Å²) in [6, 6.07) is 9.66. The predicted octanol–water partition coefficient (Wildman–Crippen LogP) is 2.03. The van der Waals surface area contributed by atoms with Crippen LogP contribution in [0.15, 0.2) is 30.3 Å². The summed E-state index contributed by atoms with van der Waals surface area (Å²) in [5, 5.41) is 0. The fraction of sp³-hybridized carbons (Fsp3) is 0.533. The van der Waals surface area contributed by atoms with Gasteiger partial charge in [0.15, 0.2) is 0 Å². The highest BCUT2D eigenvalue weighted by molar-refractivity contribution is 7.89. The van der Waals surface area contributed by atoms with E-state index in [4.69, 9.17) is 0 Å². The largest absolute Gasteiger partial charge is 0.303 e. The van der Waals surface area contributed by atoms with E-state index in [-0.39, 0.29) is 17.6 Å². The molecule has 0 saturated carbocycles. The summed E-state index contributed by atoms with van der Waals surface area (Å²) < 4.78 is 26.4. The minimum absolute atomic E-state index is 0.0437. The number of hydrogen-bond acceptors (Lipinski definition) is 3. The van der Waals surface area contributed by atoms with Gasteiger partial charge in [0.25, 0.3) is 0 Å². The zero-order valence-corrected chi connectivity index (χ0v) is 12.6. The quantitative estimate of drug-likeness (QED) is 0.781. The molecule has 0 N–H and O–H groups in total. The first kappa shape index (κ1) is 15.2.